The third kappa shape index (κ3) is 5.09. The second-order valence-corrected chi connectivity index (χ2v) is 5.05. The lowest BCUT2D eigenvalue weighted by atomic mass is 10.3. The van der Waals surface area contributed by atoms with Gasteiger partial charge in [0, 0.05) is 25.3 Å². The van der Waals surface area contributed by atoms with E-state index in [9.17, 15) is 4.79 Å². The van der Waals surface area contributed by atoms with E-state index >= 15 is 0 Å². The summed E-state index contributed by atoms with van der Waals surface area (Å²) in [6, 6.07) is 10.4. The first-order valence-electron chi connectivity index (χ1n) is 6.93. The maximum absolute atomic E-state index is 11.8. The molecule has 0 bridgehead atoms. The maximum atomic E-state index is 11.8. The molecule has 0 aliphatic heterocycles. The SMILES string of the molecule is COCCCNC(=O)c1ccc(COc2cccc(Cl)c2)o1. The summed E-state index contributed by atoms with van der Waals surface area (Å²) in [5.74, 6) is 1.24. The molecular formula is C16H18ClNO4. The molecule has 0 saturated carbocycles. The zero-order chi connectivity index (χ0) is 15.8. The van der Waals surface area contributed by atoms with Crippen LogP contribution in [0.3, 0.4) is 0 Å². The van der Waals surface area contributed by atoms with Gasteiger partial charge in [0.25, 0.3) is 5.91 Å². The Bertz CT molecular complexity index is 612. The predicted molar refractivity (Wildman–Crippen MR) is 83.3 cm³/mol. The highest BCUT2D eigenvalue weighted by molar-refractivity contribution is 6.30. The van der Waals surface area contributed by atoms with Crippen molar-refractivity contribution in [3.63, 3.8) is 0 Å². The van der Waals surface area contributed by atoms with Gasteiger partial charge in [-0.3, -0.25) is 4.79 Å². The maximum Gasteiger partial charge on any atom is 0.286 e. The molecule has 1 amide bonds. The molecule has 1 aromatic heterocycles. The molecule has 0 atom stereocenters. The van der Waals surface area contributed by atoms with E-state index in [-0.39, 0.29) is 18.3 Å². The van der Waals surface area contributed by atoms with Crippen LogP contribution in [-0.2, 0) is 11.3 Å². The van der Waals surface area contributed by atoms with Crippen LogP contribution in [0.2, 0.25) is 5.02 Å². The summed E-state index contributed by atoms with van der Waals surface area (Å²) in [7, 11) is 1.63. The number of ether oxygens (including phenoxy) is 2. The van der Waals surface area contributed by atoms with Crippen molar-refractivity contribution in [2.75, 3.05) is 20.3 Å². The molecule has 0 fully saturated rings. The molecular weight excluding hydrogens is 306 g/mol. The molecule has 1 aromatic carbocycles. The number of hydrogen-bond acceptors (Lipinski definition) is 4. The van der Waals surface area contributed by atoms with Crippen LogP contribution in [-0.4, -0.2) is 26.2 Å². The van der Waals surface area contributed by atoms with Gasteiger partial charge in [-0.15, -0.1) is 0 Å². The molecule has 22 heavy (non-hydrogen) atoms. The van der Waals surface area contributed by atoms with E-state index in [1.165, 1.54) is 0 Å². The van der Waals surface area contributed by atoms with Crippen LogP contribution in [0.4, 0.5) is 0 Å². The van der Waals surface area contributed by atoms with Gasteiger partial charge in [-0.2, -0.15) is 0 Å². The highest BCUT2D eigenvalue weighted by Crippen LogP contribution is 2.19. The molecule has 2 rings (SSSR count). The molecule has 118 valence electrons. The second kappa shape index (κ2) is 8.46. The number of nitrogens with one attached hydrogen (secondary N) is 1. The summed E-state index contributed by atoms with van der Waals surface area (Å²) in [6.07, 6.45) is 0.758. The first kappa shape index (κ1) is 16.4. The molecule has 1 N–H and O–H groups in total. The predicted octanol–water partition coefficient (Wildman–Crippen LogP) is 3.28. The Morgan fingerprint density at radius 2 is 2.18 bits per heavy atom. The quantitative estimate of drug-likeness (QED) is 0.757. The zero-order valence-electron chi connectivity index (χ0n) is 12.3. The third-order valence-corrected chi connectivity index (χ3v) is 3.11. The summed E-state index contributed by atoms with van der Waals surface area (Å²) in [4.78, 5) is 11.8. The molecule has 0 radical (unpaired) electrons. The molecule has 0 aliphatic carbocycles. The van der Waals surface area contributed by atoms with Gasteiger partial charge >= 0.3 is 0 Å². The van der Waals surface area contributed by atoms with Gasteiger partial charge in [-0.05, 0) is 36.8 Å². The lowest BCUT2D eigenvalue weighted by molar-refractivity contribution is 0.0917. The molecule has 0 aliphatic rings. The van der Waals surface area contributed by atoms with E-state index in [2.05, 4.69) is 5.32 Å². The Hall–Kier alpha value is -1.98. The summed E-state index contributed by atoms with van der Waals surface area (Å²) < 4.78 is 15.9. The van der Waals surface area contributed by atoms with Crippen LogP contribution in [0.15, 0.2) is 40.8 Å². The fourth-order valence-electron chi connectivity index (χ4n) is 1.79. The molecule has 1 heterocycles. The third-order valence-electron chi connectivity index (χ3n) is 2.87. The van der Waals surface area contributed by atoms with Crippen molar-refractivity contribution in [2.24, 2.45) is 0 Å². The Morgan fingerprint density at radius 1 is 1.32 bits per heavy atom. The standard InChI is InChI=1S/C16H18ClNO4/c1-20-9-3-8-18-16(19)15-7-6-14(22-15)11-21-13-5-2-4-12(17)10-13/h2,4-7,10H,3,8-9,11H2,1H3,(H,18,19). The largest absolute Gasteiger partial charge is 0.486 e. The average molecular weight is 324 g/mol. The lowest BCUT2D eigenvalue weighted by Gasteiger charge is -2.04. The molecule has 5 nitrogen and oxygen atoms in total. The van der Waals surface area contributed by atoms with E-state index in [4.69, 9.17) is 25.5 Å². The summed E-state index contributed by atoms with van der Waals surface area (Å²) >= 11 is 5.88. The van der Waals surface area contributed by atoms with Crippen LogP contribution < -0.4 is 10.1 Å². The normalized spacial score (nSPS) is 10.5. The highest BCUT2D eigenvalue weighted by atomic mass is 35.5. The van der Waals surface area contributed by atoms with Crippen molar-refractivity contribution in [1.82, 2.24) is 5.32 Å². The number of hydrogen-bond donors (Lipinski definition) is 1. The van der Waals surface area contributed by atoms with Gasteiger partial charge in [0.15, 0.2) is 5.76 Å². The number of rotatable bonds is 8. The topological polar surface area (TPSA) is 60.7 Å². The van der Waals surface area contributed by atoms with Crippen molar-refractivity contribution in [3.8, 4) is 5.75 Å². The molecule has 0 unspecified atom stereocenters. The van der Waals surface area contributed by atoms with Crippen LogP contribution in [0, 0.1) is 0 Å². The van der Waals surface area contributed by atoms with E-state index in [1.54, 1.807) is 43.5 Å². The van der Waals surface area contributed by atoms with Crippen molar-refractivity contribution in [2.45, 2.75) is 13.0 Å². The van der Waals surface area contributed by atoms with E-state index in [0.29, 0.717) is 29.7 Å². The Balaban J connectivity index is 1.82. The average Bonchev–Trinajstić information content (AvgIpc) is 2.98. The van der Waals surface area contributed by atoms with Crippen LogP contribution >= 0.6 is 11.6 Å². The number of furan rings is 1. The Kier molecular flexibility index (Phi) is 6.30. The molecule has 2 aromatic rings. The first-order chi connectivity index (χ1) is 10.7. The molecule has 0 saturated heterocycles. The monoisotopic (exact) mass is 323 g/mol. The molecule has 6 heteroatoms. The van der Waals surface area contributed by atoms with Crippen LogP contribution in [0.1, 0.15) is 22.7 Å². The van der Waals surface area contributed by atoms with E-state index in [1.807, 2.05) is 0 Å². The first-order valence-corrected chi connectivity index (χ1v) is 7.31. The second-order valence-electron chi connectivity index (χ2n) is 4.61. The van der Waals surface area contributed by atoms with Crippen LogP contribution in [0.25, 0.3) is 0 Å². The van der Waals surface area contributed by atoms with Crippen molar-refractivity contribution >= 4 is 17.5 Å². The highest BCUT2D eigenvalue weighted by Gasteiger charge is 2.11. The van der Waals surface area contributed by atoms with Crippen molar-refractivity contribution < 1.29 is 18.7 Å². The zero-order valence-corrected chi connectivity index (χ0v) is 13.1. The van der Waals surface area contributed by atoms with E-state index < -0.39 is 0 Å². The minimum absolute atomic E-state index is 0.233. The van der Waals surface area contributed by atoms with Gasteiger partial charge in [-0.1, -0.05) is 17.7 Å². The van der Waals surface area contributed by atoms with Crippen LogP contribution in [0.5, 0.6) is 5.75 Å². The van der Waals surface area contributed by atoms with Crippen molar-refractivity contribution in [1.29, 1.82) is 0 Å². The fraction of sp³-hybridized carbons (Fsp3) is 0.312. The minimum atomic E-state index is -0.245. The number of benzene rings is 1. The number of amides is 1. The summed E-state index contributed by atoms with van der Waals surface area (Å²) in [6.45, 7) is 1.39. The minimum Gasteiger partial charge on any atom is -0.486 e. The number of methoxy groups -OCH3 is 1. The number of halogens is 1. The number of carbonyl (C=O) groups is 1. The van der Waals surface area contributed by atoms with Gasteiger partial charge in [0.05, 0.1) is 0 Å². The number of carbonyl (C=O) groups excluding carboxylic acids is 1. The summed E-state index contributed by atoms with van der Waals surface area (Å²) in [5.41, 5.74) is 0. The fourth-order valence-corrected chi connectivity index (χ4v) is 1.97. The van der Waals surface area contributed by atoms with Gasteiger partial charge < -0.3 is 19.2 Å². The van der Waals surface area contributed by atoms with Gasteiger partial charge in [-0.25, -0.2) is 0 Å². The summed E-state index contributed by atoms with van der Waals surface area (Å²) in [5, 5.41) is 3.36. The molecule has 0 spiro atoms. The smallest absolute Gasteiger partial charge is 0.286 e. The van der Waals surface area contributed by atoms with E-state index in [0.717, 1.165) is 6.42 Å². The Morgan fingerprint density at radius 3 is 2.95 bits per heavy atom. The van der Waals surface area contributed by atoms with Gasteiger partial charge in [0.2, 0.25) is 0 Å². The lowest BCUT2D eigenvalue weighted by Crippen LogP contribution is -2.24. The van der Waals surface area contributed by atoms with Gasteiger partial charge in [0.1, 0.15) is 18.1 Å². The Labute approximate surface area is 134 Å². The van der Waals surface area contributed by atoms with Crippen molar-refractivity contribution in [3.05, 3.63) is 52.9 Å².